The minimum absolute atomic E-state index is 0.146. The summed E-state index contributed by atoms with van der Waals surface area (Å²) in [5.41, 5.74) is 3.22. The van der Waals surface area contributed by atoms with Crippen molar-refractivity contribution in [3.8, 4) is 28.4 Å². The number of carbonyl (C=O) groups is 1. The topological polar surface area (TPSA) is 56.8 Å². The molecule has 0 aliphatic heterocycles. The fourth-order valence-electron chi connectivity index (χ4n) is 3.05. The molecule has 0 bridgehead atoms. The first-order valence-corrected chi connectivity index (χ1v) is 9.36. The van der Waals surface area contributed by atoms with Gasteiger partial charge in [0.25, 0.3) is 0 Å². The van der Waals surface area contributed by atoms with E-state index in [1.807, 2.05) is 36.4 Å². The van der Waals surface area contributed by atoms with E-state index in [0.29, 0.717) is 22.2 Å². The molecule has 0 aliphatic rings. The van der Waals surface area contributed by atoms with Crippen LogP contribution < -0.4 is 19.5 Å². The molecule has 6 heteroatoms. The molecule has 3 aromatic carbocycles. The van der Waals surface area contributed by atoms with E-state index in [1.165, 1.54) is 0 Å². The van der Waals surface area contributed by atoms with Gasteiger partial charge in [0.15, 0.2) is 0 Å². The summed E-state index contributed by atoms with van der Waals surface area (Å²) in [6.07, 6.45) is 0.146. The minimum Gasteiger partial charge on any atom is -0.497 e. The zero-order valence-corrected chi connectivity index (χ0v) is 17.2. The number of hydrogen-bond donors (Lipinski definition) is 1. The summed E-state index contributed by atoms with van der Waals surface area (Å²) in [6, 6.07) is 18.4. The summed E-state index contributed by atoms with van der Waals surface area (Å²) < 4.78 is 16.0. The van der Waals surface area contributed by atoms with E-state index in [4.69, 9.17) is 25.8 Å². The number of rotatable bonds is 7. The van der Waals surface area contributed by atoms with Crippen LogP contribution in [0, 0.1) is 0 Å². The second-order valence-corrected chi connectivity index (χ2v) is 6.76. The average Bonchev–Trinajstić information content (AvgIpc) is 2.74. The Kier molecular flexibility index (Phi) is 6.62. The highest BCUT2D eigenvalue weighted by molar-refractivity contribution is 6.30. The number of methoxy groups -OCH3 is 3. The molecule has 0 radical (unpaired) electrons. The SMILES string of the molecule is COc1ccc(-c2cc(NC(=O)Cc3cc(Cl)ccc3OC)ccc2OC)cc1. The fourth-order valence-corrected chi connectivity index (χ4v) is 3.24. The molecule has 0 heterocycles. The maximum atomic E-state index is 12.6. The van der Waals surface area contributed by atoms with Crippen molar-refractivity contribution in [1.29, 1.82) is 0 Å². The molecule has 0 aliphatic carbocycles. The van der Waals surface area contributed by atoms with Gasteiger partial charge >= 0.3 is 0 Å². The van der Waals surface area contributed by atoms with E-state index >= 15 is 0 Å². The molecule has 0 fully saturated rings. The zero-order chi connectivity index (χ0) is 20.8. The first kappa shape index (κ1) is 20.6. The van der Waals surface area contributed by atoms with Gasteiger partial charge in [0, 0.05) is 21.8 Å². The van der Waals surface area contributed by atoms with Crippen LogP contribution in [0.4, 0.5) is 5.69 Å². The van der Waals surface area contributed by atoms with E-state index in [1.54, 1.807) is 45.6 Å². The fraction of sp³-hybridized carbons (Fsp3) is 0.174. The predicted molar refractivity (Wildman–Crippen MR) is 115 cm³/mol. The highest BCUT2D eigenvalue weighted by Crippen LogP contribution is 2.33. The third-order valence-electron chi connectivity index (χ3n) is 4.48. The van der Waals surface area contributed by atoms with E-state index in [2.05, 4.69) is 5.32 Å². The van der Waals surface area contributed by atoms with Crippen LogP contribution in [0.25, 0.3) is 11.1 Å². The predicted octanol–water partition coefficient (Wildman–Crippen LogP) is 5.21. The molecule has 0 atom stereocenters. The Bertz CT molecular complexity index is 1000. The molecule has 0 saturated carbocycles. The monoisotopic (exact) mass is 411 g/mol. The van der Waals surface area contributed by atoms with Gasteiger partial charge in [0.2, 0.25) is 5.91 Å². The smallest absolute Gasteiger partial charge is 0.228 e. The average molecular weight is 412 g/mol. The maximum Gasteiger partial charge on any atom is 0.228 e. The number of hydrogen-bond acceptors (Lipinski definition) is 4. The van der Waals surface area contributed by atoms with Gasteiger partial charge in [-0.15, -0.1) is 0 Å². The number of benzene rings is 3. The van der Waals surface area contributed by atoms with E-state index in [0.717, 1.165) is 22.4 Å². The van der Waals surface area contributed by atoms with Crippen molar-refractivity contribution >= 4 is 23.2 Å². The van der Waals surface area contributed by atoms with Crippen molar-refractivity contribution < 1.29 is 19.0 Å². The van der Waals surface area contributed by atoms with Crippen LogP contribution in [0.5, 0.6) is 17.2 Å². The standard InChI is InChI=1S/C23H22ClNO4/c1-27-19-8-4-15(5-9-19)20-14-18(7-11-22(20)29-3)25-23(26)13-16-12-17(24)6-10-21(16)28-2/h4-12,14H,13H2,1-3H3,(H,25,26). The molecule has 1 amide bonds. The van der Waals surface area contributed by atoms with Crippen LogP contribution in [-0.4, -0.2) is 27.2 Å². The second kappa shape index (κ2) is 9.34. The third-order valence-corrected chi connectivity index (χ3v) is 4.71. The molecule has 150 valence electrons. The summed E-state index contributed by atoms with van der Waals surface area (Å²) in [5.74, 6) is 1.94. The molecule has 5 nitrogen and oxygen atoms in total. The van der Waals surface area contributed by atoms with Crippen molar-refractivity contribution in [1.82, 2.24) is 0 Å². The third kappa shape index (κ3) is 5.00. The van der Waals surface area contributed by atoms with Gasteiger partial charge in [-0.2, -0.15) is 0 Å². The minimum atomic E-state index is -0.170. The summed E-state index contributed by atoms with van der Waals surface area (Å²) in [5, 5.41) is 3.48. The van der Waals surface area contributed by atoms with Crippen LogP contribution in [-0.2, 0) is 11.2 Å². The first-order chi connectivity index (χ1) is 14.0. The van der Waals surface area contributed by atoms with E-state index in [-0.39, 0.29) is 12.3 Å². The van der Waals surface area contributed by atoms with Gasteiger partial charge in [-0.25, -0.2) is 0 Å². The quantitative estimate of drug-likeness (QED) is 0.579. The zero-order valence-electron chi connectivity index (χ0n) is 16.5. The number of carbonyl (C=O) groups excluding carboxylic acids is 1. The molecule has 0 saturated heterocycles. The van der Waals surface area contributed by atoms with Crippen LogP contribution in [0.2, 0.25) is 5.02 Å². The summed E-state index contributed by atoms with van der Waals surface area (Å²) in [7, 11) is 4.81. The van der Waals surface area contributed by atoms with Crippen LogP contribution in [0.1, 0.15) is 5.56 Å². The number of ether oxygens (including phenoxy) is 3. The Morgan fingerprint density at radius 3 is 2.21 bits per heavy atom. The largest absolute Gasteiger partial charge is 0.497 e. The van der Waals surface area contributed by atoms with E-state index in [9.17, 15) is 4.79 Å². The van der Waals surface area contributed by atoms with E-state index < -0.39 is 0 Å². The Hall–Kier alpha value is -3.18. The highest BCUT2D eigenvalue weighted by Gasteiger charge is 2.12. The Morgan fingerprint density at radius 2 is 1.55 bits per heavy atom. The van der Waals surface area contributed by atoms with Gasteiger partial charge in [-0.1, -0.05) is 23.7 Å². The Labute approximate surface area is 175 Å². The van der Waals surface area contributed by atoms with Gasteiger partial charge in [0.1, 0.15) is 17.2 Å². The summed E-state index contributed by atoms with van der Waals surface area (Å²) in [4.78, 5) is 12.6. The molecule has 3 rings (SSSR count). The second-order valence-electron chi connectivity index (χ2n) is 6.32. The summed E-state index contributed by atoms with van der Waals surface area (Å²) in [6.45, 7) is 0. The molecular formula is C23H22ClNO4. The molecule has 0 unspecified atom stereocenters. The molecule has 3 aromatic rings. The van der Waals surface area contributed by atoms with Crippen molar-refractivity contribution in [3.05, 3.63) is 71.2 Å². The van der Waals surface area contributed by atoms with Gasteiger partial charge < -0.3 is 19.5 Å². The molecule has 1 N–H and O–H groups in total. The van der Waals surface area contributed by atoms with Crippen LogP contribution in [0.3, 0.4) is 0 Å². The molecule has 0 aromatic heterocycles. The lowest BCUT2D eigenvalue weighted by molar-refractivity contribution is -0.115. The Morgan fingerprint density at radius 1 is 0.862 bits per heavy atom. The number of halogens is 1. The maximum absolute atomic E-state index is 12.6. The molecule has 29 heavy (non-hydrogen) atoms. The number of nitrogens with one attached hydrogen (secondary N) is 1. The Balaban J connectivity index is 1.82. The first-order valence-electron chi connectivity index (χ1n) is 8.98. The molecular weight excluding hydrogens is 390 g/mol. The summed E-state index contributed by atoms with van der Waals surface area (Å²) >= 11 is 6.05. The lowest BCUT2D eigenvalue weighted by Gasteiger charge is -2.13. The van der Waals surface area contributed by atoms with Crippen LogP contribution in [0.15, 0.2) is 60.7 Å². The normalized spacial score (nSPS) is 10.3. The van der Waals surface area contributed by atoms with Crippen LogP contribution >= 0.6 is 11.6 Å². The highest BCUT2D eigenvalue weighted by atomic mass is 35.5. The number of amides is 1. The van der Waals surface area contributed by atoms with Crippen molar-refractivity contribution in [3.63, 3.8) is 0 Å². The lowest BCUT2D eigenvalue weighted by Crippen LogP contribution is -2.15. The van der Waals surface area contributed by atoms with Gasteiger partial charge in [-0.05, 0) is 54.1 Å². The van der Waals surface area contributed by atoms with Crippen molar-refractivity contribution in [2.24, 2.45) is 0 Å². The van der Waals surface area contributed by atoms with Gasteiger partial charge in [-0.3, -0.25) is 4.79 Å². The lowest BCUT2D eigenvalue weighted by atomic mass is 10.0. The number of anilines is 1. The molecule has 0 spiro atoms. The van der Waals surface area contributed by atoms with Crippen molar-refractivity contribution in [2.75, 3.05) is 26.6 Å². The van der Waals surface area contributed by atoms with Crippen molar-refractivity contribution in [2.45, 2.75) is 6.42 Å². The van der Waals surface area contributed by atoms with Gasteiger partial charge in [0.05, 0.1) is 27.8 Å².